The van der Waals surface area contributed by atoms with Crippen LogP contribution in [0, 0.1) is 0 Å². The van der Waals surface area contributed by atoms with E-state index in [-0.39, 0.29) is 22.9 Å². The zero-order valence-electron chi connectivity index (χ0n) is 16.3. The van der Waals surface area contributed by atoms with Crippen LogP contribution < -0.4 is 11.1 Å². The summed E-state index contributed by atoms with van der Waals surface area (Å²) in [5.41, 5.74) is 6.26. The highest BCUT2D eigenvalue weighted by Gasteiger charge is 2.43. The highest BCUT2D eigenvalue weighted by molar-refractivity contribution is 6.31. The second-order valence-electron chi connectivity index (χ2n) is 7.01. The Balaban J connectivity index is 1.42. The number of halogens is 1. The van der Waals surface area contributed by atoms with E-state index >= 15 is 0 Å². The molecular formula is C19H19ClN6O6. The van der Waals surface area contributed by atoms with Crippen molar-refractivity contribution >= 4 is 34.5 Å². The van der Waals surface area contributed by atoms with E-state index < -0.39 is 41.9 Å². The van der Waals surface area contributed by atoms with Gasteiger partial charge in [0.15, 0.2) is 29.2 Å². The lowest BCUT2D eigenvalue weighted by molar-refractivity contribution is -0.0245. The van der Waals surface area contributed by atoms with Gasteiger partial charge in [-0.3, -0.25) is 9.36 Å². The number of carbonyl (C=O) groups excluding carboxylic acids is 1. The standard InChI is InChI=1S/C19H19ClN6O6/c20-8-4-9(13(28)10(27)5-8)18(31)22-3-1-2-11-14(29)15(30)19(32-11)26-7-25-12-16(21)23-6-24-17(12)26/h1-2,4-7,11,14-15,19,27-30H,3H2,(H,22,31)(H2,21,23,24)/b2-1+. The summed E-state index contributed by atoms with van der Waals surface area (Å²) in [6, 6.07) is 2.32. The average molecular weight is 463 g/mol. The Morgan fingerprint density at radius 1 is 1.25 bits per heavy atom. The first kappa shape index (κ1) is 21.8. The number of benzene rings is 1. The number of fused-ring (bicyclic) bond motifs is 1. The minimum absolute atomic E-state index is 0.0106. The van der Waals surface area contributed by atoms with Gasteiger partial charge >= 0.3 is 0 Å². The van der Waals surface area contributed by atoms with Gasteiger partial charge in [0, 0.05) is 17.6 Å². The SMILES string of the molecule is Nc1ncnc2c1ncn2C1OC(/C=C/CNC(=O)c2cc(Cl)cc(O)c2O)C(O)C1O. The fraction of sp³-hybridized carbons (Fsp3) is 0.263. The van der Waals surface area contributed by atoms with Crippen molar-refractivity contribution in [2.24, 2.45) is 0 Å². The van der Waals surface area contributed by atoms with Gasteiger partial charge in [-0.25, -0.2) is 15.0 Å². The lowest BCUT2D eigenvalue weighted by atomic mass is 10.1. The van der Waals surface area contributed by atoms with Crippen LogP contribution in [0.4, 0.5) is 5.82 Å². The number of nitrogens with zero attached hydrogens (tertiary/aromatic N) is 4. The van der Waals surface area contributed by atoms with Crippen molar-refractivity contribution in [2.45, 2.75) is 24.5 Å². The molecule has 1 saturated heterocycles. The van der Waals surface area contributed by atoms with E-state index in [0.717, 1.165) is 6.07 Å². The van der Waals surface area contributed by atoms with Crippen molar-refractivity contribution in [3.05, 3.63) is 47.5 Å². The summed E-state index contributed by atoms with van der Waals surface area (Å²) < 4.78 is 7.20. The molecule has 1 amide bonds. The Bertz CT molecular complexity index is 1200. The molecule has 12 nitrogen and oxygen atoms in total. The first-order valence-corrected chi connectivity index (χ1v) is 9.76. The van der Waals surface area contributed by atoms with Crippen LogP contribution in [0.1, 0.15) is 16.6 Å². The third-order valence-corrected chi connectivity index (χ3v) is 5.16. The molecular weight excluding hydrogens is 444 g/mol. The van der Waals surface area contributed by atoms with E-state index in [0.29, 0.717) is 11.2 Å². The number of imidazole rings is 1. The van der Waals surface area contributed by atoms with Crippen LogP contribution in [0.5, 0.6) is 11.5 Å². The Labute approximate surface area is 185 Å². The second kappa shape index (κ2) is 8.59. The maximum atomic E-state index is 12.2. The van der Waals surface area contributed by atoms with E-state index in [4.69, 9.17) is 22.1 Å². The van der Waals surface area contributed by atoms with Gasteiger partial charge in [0.05, 0.1) is 11.9 Å². The highest BCUT2D eigenvalue weighted by Crippen LogP contribution is 2.33. The summed E-state index contributed by atoms with van der Waals surface area (Å²) in [4.78, 5) is 24.3. The molecule has 3 aromatic rings. The zero-order valence-corrected chi connectivity index (χ0v) is 17.1. The van der Waals surface area contributed by atoms with Gasteiger partial charge in [0.1, 0.15) is 30.2 Å². The molecule has 0 saturated carbocycles. The number of aromatic nitrogens is 4. The number of rotatable bonds is 5. The summed E-state index contributed by atoms with van der Waals surface area (Å²) in [7, 11) is 0. The van der Waals surface area contributed by atoms with E-state index in [9.17, 15) is 25.2 Å². The number of nitrogens with one attached hydrogen (secondary N) is 1. The number of hydrogen-bond acceptors (Lipinski definition) is 10. The molecule has 1 aromatic carbocycles. The third-order valence-electron chi connectivity index (χ3n) is 4.94. The molecule has 0 aliphatic carbocycles. The van der Waals surface area contributed by atoms with Gasteiger partial charge in [-0.1, -0.05) is 23.8 Å². The predicted octanol–water partition coefficient (Wildman–Crippen LogP) is 0.0785. The third kappa shape index (κ3) is 3.91. The number of ether oxygens (including phenoxy) is 1. The number of amides is 1. The molecule has 168 valence electrons. The number of phenols is 2. The van der Waals surface area contributed by atoms with E-state index in [1.807, 2.05) is 0 Å². The zero-order chi connectivity index (χ0) is 23.0. The first-order chi connectivity index (χ1) is 15.3. The number of aliphatic hydroxyl groups is 2. The summed E-state index contributed by atoms with van der Waals surface area (Å²) >= 11 is 5.79. The largest absolute Gasteiger partial charge is 0.504 e. The number of anilines is 1. The molecule has 32 heavy (non-hydrogen) atoms. The molecule has 0 radical (unpaired) electrons. The molecule has 0 bridgehead atoms. The molecule has 3 heterocycles. The van der Waals surface area contributed by atoms with Crippen molar-refractivity contribution in [3.63, 3.8) is 0 Å². The van der Waals surface area contributed by atoms with Crippen molar-refractivity contribution in [1.29, 1.82) is 0 Å². The smallest absolute Gasteiger partial charge is 0.255 e. The lowest BCUT2D eigenvalue weighted by Gasteiger charge is -2.16. The molecule has 1 fully saturated rings. The molecule has 4 atom stereocenters. The molecule has 7 N–H and O–H groups in total. The Hall–Kier alpha value is -3.45. The van der Waals surface area contributed by atoms with Gasteiger partial charge in [0.2, 0.25) is 0 Å². The number of aliphatic hydroxyl groups excluding tert-OH is 2. The Kier molecular flexibility index (Phi) is 5.84. The summed E-state index contributed by atoms with van der Waals surface area (Å²) in [5, 5.41) is 42.8. The van der Waals surface area contributed by atoms with Crippen molar-refractivity contribution < 1.29 is 30.0 Å². The van der Waals surface area contributed by atoms with Gasteiger partial charge in [0.25, 0.3) is 5.91 Å². The molecule has 13 heteroatoms. The number of phenolic OH excluding ortho intramolecular Hbond substituents is 2. The predicted molar refractivity (Wildman–Crippen MR) is 112 cm³/mol. The van der Waals surface area contributed by atoms with Crippen LogP contribution in [0.2, 0.25) is 5.02 Å². The van der Waals surface area contributed by atoms with E-state index in [1.54, 1.807) is 0 Å². The number of nitrogens with two attached hydrogens (primary N) is 1. The van der Waals surface area contributed by atoms with Gasteiger partial charge in [-0.2, -0.15) is 0 Å². The molecule has 2 aromatic heterocycles. The molecule has 1 aliphatic heterocycles. The van der Waals surface area contributed by atoms with Crippen LogP contribution in [0.15, 0.2) is 36.9 Å². The monoisotopic (exact) mass is 462 g/mol. The topological polar surface area (TPSA) is 189 Å². The van der Waals surface area contributed by atoms with Crippen LogP contribution in [-0.4, -0.2) is 70.7 Å². The van der Waals surface area contributed by atoms with E-state index in [2.05, 4.69) is 20.3 Å². The molecule has 1 aliphatic rings. The minimum Gasteiger partial charge on any atom is -0.504 e. The minimum atomic E-state index is -1.28. The van der Waals surface area contributed by atoms with Crippen molar-refractivity contribution in [3.8, 4) is 11.5 Å². The molecule has 4 unspecified atom stereocenters. The van der Waals surface area contributed by atoms with Crippen LogP contribution in [-0.2, 0) is 4.74 Å². The number of nitrogen functional groups attached to an aromatic ring is 1. The fourth-order valence-electron chi connectivity index (χ4n) is 3.34. The lowest BCUT2D eigenvalue weighted by Crippen LogP contribution is -2.31. The average Bonchev–Trinajstić information content (AvgIpc) is 3.30. The maximum Gasteiger partial charge on any atom is 0.255 e. The summed E-state index contributed by atoms with van der Waals surface area (Å²) in [6.07, 6.45) is 1.24. The number of hydrogen-bond donors (Lipinski definition) is 6. The van der Waals surface area contributed by atoms with Crippen LogP contribution >= 0.6 is 11.6 Å². The van der Waals surface area contributed by atoms with Gasteiger partial charge < -0.3 is 36.2 Å². The van der Waals surface area contributed by atoms with Crippen molar-refractivity contribution in [2.75, 3.05) is 12.3 Å². The van der Waals surface area contributed by atoms with Crippen molar-refractivity contribution in [1.82, 2.24) is 24.8 Å². The number of carbonyl (C=O) groups is 1. The summed E-state index contributed by atoms with van der Waals surface area (Å²) in [6.45, 7) is 0.0106. The van der Waals surface area contributed by atoms with Crippen LogP contribution in [0.3, 0.4) is 0 Å². The maximum absolute atomic E-state index is 12.2. The second-order valence-corrected chi connectivity index (χ2v) is 7.45. The van der Waals surface area contributed by atoms with Crippen LogP contribution in [0.25, 0.3) is 11.2 Å². The quantitative estimate of drug-likeness (QED) is 0.223. The van der Waals surface area contributed by atoms with Gasteiger partial charge in [-0.05, 0) is 6.07 Å². The fourth-order valence-corrected chi connectivity index (χ4v) is 3.55. The first-order valence-electron chi connectivity index (χ1n) is 9.39. The van der Waals surface area contributed by atoms with E-state index in [1.165, 1.54) is 35.4 Å². The Morgan fingerprint density at radius 2 is 2.03 bits per heavy atom. The molecule has 0 spiro atoms. The van der Waals surface area contributed by atoms with Gasteiger partial charge in [-0.15, -0.1) is 0 Å². The summed E-state index contributed by atoms with van der Waals surface area (Å²) in [5.74, 6) is -1.60. The normalized spacial score (nSPS) is 23.2. The molecule has 4 rings (SSSR count). The highest BCUT2D eigenvalue weighted by atomic mass is 35.5. The Morgan fingerprint density at radius 3 is 2.81 bits per heavy atom. The number of aromatic hydroxyl groups is 2.